The molecule has 0 unspecified atom stereocenters. The van der Waals surface area contributed by atoms with Crippen molar-refractivity contribution in [2.75, 3.05) is 11.9 Å². The van der Waals surface area contributed by atoms with E-state index >= 15 is 0 Å². The molecule has 0 spiro atoms. The molecule has 1 aromatic carbocycles. The fourth-order valence-electron chi connectivity index (χ4n) is 1.69. The minimum atomic E-state index is -0.186. The van der Waals surface area contributed by atoms with Crippen LogP contribution in [0.3, 0.4) is 0 Å². The van der Waals surface area contributed by atoms with Crippen molar-refractivity contribution in [1.29, 1.82) is 0 Å². The summed E-state index contributed by atoms with van der Waals surface area (Å²) in [5.74, 6) is 0.656. The zero-order chi connectivity index (χ0) is 14.9. The molecule has 0 fully saturated rings. The van der Waals surface area contributed by atoms with Crippen molar-refractivity contribution in [2.24, 2.45) is 0 Å². The summed E-state index contributed by atoms with van der Waals surface area (Å²) in [5.41, 5.74) is 1.62. The Morgan fingerprint density at radius 3 is 2.76 bits per heavy atom. The number of benzene rings is 1. The Morgan fingerprint density at radius 2 is 2.10 bits per heavy atom. The van der Waals surface area contributed by atoms with Crippen LogP contribution in [-0.4, -0.2) is 17.5 Å². The number of carbonyl (C=O) groups is 1. The normalized spacial score (nSPS) is 10.5. The molecule has 2 rings (SSSR count). The van der Waals surface area contributed by atoms with Crippen LogP contribution in [0.1, 0.15) is 18.9 Å². The van der Waals surface area contributed by atoms with E-state index in [-0.39, 0.29) is 5.91 Å². The maximum absolute atomic E-state index is 11.7. The van der Waals surface area contributed by atoms with Gasteiger partial charge in [-0.1, -0.05) is 19.1 Å². The average molecular weight is 282 g/mol. The predicted octanol–water partition coefficient (Wildman–Crippen LogP) is 3.52. The van der Waals surface area contributed by atoms with Gasteiger partial charge in [0.05, 0.1) is 18.5 Å². The number of rotatable bonds is 6. The lowest BCUT2D eigenvalue weighted by molar-refractivity contribution is -0.111. The zero-order valence-electron chi connectivity index (χ0n) is 12.0. The van der Waals surface area contributed by atoms with E-state index in [1.807, 2.05) is 24.3 Å². The minimum absolute atomic E-state index is 0.186. The summed E-state index contributed by atoms with van der Waals surface area (Å²) in [5, 5.41) is 2.74. The molecule has 0 radical (unpaired) electrons. The standard InChI is InChI=1S/C17H18N2O2/c1-2-12-21-16-8-5-14(6-9-16)7-10-17(20)19-15-4-3-11-18-13-15/h3-11,13H,2,12H2,1H3,(H,19,20)/b10-7+. The first-order valence-corrected chi connectivity index (χ1v) is 6.90. The molecule has 0 saturated carbocycles. The van der Waals surface area contributed by atoms with Crippen molar-refractivity contribution >= 4 is 17.7 Å². The molecule has 21 heavy (non-hydrogen) atoms. The average Bonchev–Trinajstić information content (AvgIpc) is 2.53. The molecule has 0 bridgehead atoms. The van der Waals surface area contributed by atoms with Crippen molar-refractivity contribution in [3.63, 3.8) is 0 Å². The Hall–Kier alpha value is -2.62. The van der Waals surface area contributed by atoms with Gasteiger partial charge in [0.1, 0.15) is 5.75 Å². The van der Waals surface area contributed by atoms with Crippen LogP contribution in [0.5, 0.6) is 5.75 Å². The third-order valence-electron chi connectivity index (χ3n) is 2.71. The molecule has 1 amide bonds. The molecule has 108 valence electrons. The van der Waals surface area contributed by atoms with Crippen LogP contribution < -0.4 is 10.1 Å². The highest BCUT2D eigenvalue weighted by Gasteiger charge is 1.97. The van der Waals surface area contributed by atoms with E-state index in [1.54, 1.807) is 30.6 Å². The van der Waals surface area contributed by atoms with Crippen LogP contribution in [0.25, 0.3) is 6.08 Å². The van der Waals surface area contributed by atoms with Gasteiger partial charge in [-0.25, -0.2) is 0 Å². The molecule has 4 nitrogen and oxygen atoms in total. The van der Waals surface area contributed by atoms with Crippen LogP contribution in [-0.2, 0) is 4.79 Å². The molecule has 1 aromatic heterocycles. The Labute approximate surface area is 124 Å². The second-order valence-corrected chi connectivity index (χ2v) is 4.48. The van der Waals surface area contributed by atoms with Gasteiger partial charge in [0.2, 0.25) is 5.91 Å². The van der Waals surface area contributed by atoms with Crippen molar-refractivity contribution < 1.29 is 9.53 Å². The predicted molar refractivity (Wildman–Crippen MR) is 84.1 cm³/mol. The van der Waals surface area contributed by atoms with Gasteiger partial charge in [0, 0.05) is 12.3 Å². The summed E-state index contributed by atoms with van der Waals surface area (Å²) in [4.78, 5) is 15.7. The fraction of sp³-hybridized carbons (Fsp3) is 0.176. The summed E-state index contributed by atoms with van der Waals surface area (Å²) >= 11 is 0. The first kappa shape index (κ1) is 14.8. The first-order chi connectivity index (χ1) is 10.3. The summed E-state index contributed by atoms with van der Waals surface area (Å²) in [6, 6.07) is 11.2. The van der Waals surface area contributed by atoms with E-state index in [0.29, 0.717) is 12.3 Å². The van der Waals surface area contributed by atoms with Crippen molar-refractivity contribution in [2.45, 2.75) is 13.3 Å². The summed E-state index contributed by atoms with van der Waals surface area (Å²) in [6.07, 6.45) is 7.50. The van der Waals surface area contributed by atoms with Crippen LogP contribution in [0.2, 0.25) is 0 Å². The number of anilines is 1. The van der Waals surface area contributed by atoms with Crippen molar-refractivity contribution in [3.05, 3.63) is 60.4 Å². The molecule has 0 atom stereocenters. The summed E-state index contributed by atoms with van der Waals surface area (Å²) < 4.78 is 5.50. The van der Waals surface area contributed by atoms with Crippen LogP contribution >= 0.6 is 0 Å². The zero-order valence-corrected chi connectivity index (χ0v) is 12.0. The summed E-state index contributed by atoms with van der Waals surface area (Å²) in [6.45, 7) is 2.78. The molecule has 0 saturated heterocycles. The van der Waals surface area contributed by atoms with Gasteiger partial charge in [0.25, 0.3) is 0 Å². The molecule has 0 aliphatic carbocycles. The first-order valence-electron chi connectivity index (χ1n) is 6.90. The van der Waals surface area contributed by atoms with E-state index in [4.69, 9.17) is 4.74 Å². The smallest absolute Gasteiger partial charge is 0.248 e. The van der Waals surface area contributed by atoms with Gasteiger partial charge in [-0.05, 0) is 42.3 Å². The highest BCUT2D eigenvalue weighted by Crippen LogP contribution is 2.13. The fourth-order valence-corrected chi connectivity index (χ4v) is 1.69. The van der Waals surface area contributed by atoms with Gasteiger partial charge in [-0.2, -0.15) is 0 Å². The van der Waals surface area contributed by atoms with Crippen molar-refractivity contribution in [1.82, 2.24) is 4.98 Å². The molecule has 2 aromatic rings. The molecule has 0 aliphatic heterocycles. The third kappa shape index (κ3) is 5.10. The minimum Gasteiger partial charge on any atom is -0.494 e. The second kappa shape index (κ2) is 7.85. The second-order valence-electron chi connectivity index (χ2n) is 4.48. The number of hydrogen-bond donors (Lipinski definition) is 1. The maximum Gasteiger partial charge on any atom is 0.248 e. The van der Waals surface area contributed by atoms with Gasteiger partial charge in [-0.15, -0.1) is 0 Å². The Bertz CT molecular complexity index is 592. The SMILES string of the molecule is CCCOc1ccc(/C=C/C(=O)Nc2cccnc2)cc1. The number of carbonyl (C=O) groups excluding carboxylic acids is 1. The van der Waals surface area contributed by atoms with Gasteiger partial charge >= 0.3 is 0 Å². The number of nitrogens with one attached hydrogen (secondary N) is 1. The lowest BCUT2D eigenvalue weighted by Gasteiger charge is -2.04. The Balaban J connectivity index is 1.89. The Morgan fingerprint density at radius 1 is 1.29 bits per heavy atom. The monoisotopic (exact) mass is 282 g/mol. The van der Waals surface area contributed by atoms with E-state index < -0.39 is 0 Å². The highest BCUT2D eigenvalue weighted by molar-refractivity contribution is 6.01. The van der Waals surface area contributed by atoms with Crippen LogP contribution in [0, 0.1) is 0 Å². The van der Waals surface area contributed by atoms with Gasteiger partial charge < -0.3 is 10.1 Å². The third-order valence-corrected chi connectivity index (χ3v) is 2.71. The van der Waals surface area contributed by atoms with Crippen molar-refractivity contribution in [3.8, 4) is 5.75 Å². The van der Waals surface area contributed by atoms with Crippen LogP contribution in [0.15, 0.2) is 54.9 Å². The number of nitrogens with zero attached hydrogens (tertiary/aromatic N) is 1. The lowest BCUT2D eigenvalue weighted by atomic mass is 10.2. The number of amides is 1. The van der Waals surface area contributed by atoms with E-state index in [2.05, 4.69) is 17.2 Å². The molecule has 4 heteroatoms. The quantitative estimate of drug-likeness (QED) is 0.825. The largest absolute Gasteiger partial charge is 0.494 e. The molecule has 1 heterocycles. The maximum atomic E-state index is 11.7. The topological polar surface area (TPSA) is 51.2 Å². The molecule has 1 N–H and O–H groups in total. The number of ether oxygens (including phenoxy) is 1. The summed E-state index contributed by atoms with van der Waals surface area (Å²) in [7, 11) is 0. The number of pyridine rings is 1. The van der Waals surface area contributed by atoms with Crippen LogP contribution in [0.4, 0.5) is 5.69 Å². The van der Waals surface area contributed by atoms with Gasteiger partial charge in [-0.3, -0.25) is 9.78 Å². The molecule has 0 aliphatic rings. The van der Waals surface area contributed by atoms with E-state index in [0.717, 1.165) is 17.7 Å². The van der Waals surface area contributed by atoms with E-state index in [1.165, 1.54) is 6.08 Å². The number of hydrogen-bond acceptors (Lipinski definition) is 3. The van der Waals surface area contributed by atoms with E-state index in [9.17, 15) is 4.79 Å². The Kier molecular flexibility index (Phi) is 5.52. The molecular formula is C17H18N2O2. The molecular weight excluding hydrogens is 264 g/mol. The highest BCUT2D eigenvalue weighted by atomic mass is 16.5. The lowest BCUT2D eigenvalue weighted by Crippen LogP contribution is -2.07. The number of aromatic nitrogens is 1. The van der Waals surface area contributed by atoms with Gasteiger partial charge in [0.15, 0.2) is 0 Å².